The van der Waals surface area contributed by atoms with Gasteiger partial charge in [0, 0.05) is 27.5 Å². The van der Waals surface area contributed by atoms with Crippen LogP contribution in [0.4, 0.5) is 0 Å². The van der Waals surface area contributed by atoms with E-state index in [2.05, 4.69) is 103 Å². The summed E-state index contributed by atoms with van der Waals surface area (Å²) >= 11 is 0. The molecule has 0 aliphatic carbocycles. The maximum Gasteiger partial charge on any atom is 0.164 e. The zero-order valence-electron chi connectivity index (χ0n) is 25.3. The summed E-state index contributed by atoms with van der Waals surface area (Å²) in [7, 11) is 0. The molecule has 0 atom stereocenters. The minimum absolute atomic E-state index is 0.605. The van der Waals surface area contributed by atoms with Gasteiger partial charge in [0.05, 0.1) is 0 Å². The average molecular weight is 602 g/mol. The van der Waals surface area contributed by atoms with Gasteiger partial charge in [0.15, 0.2) is 17.5 Å². The Bertz CT molecular complexity index is 2570. The number of hydrogen-bond donors (Lipinski definition) is 0. The van der Waals surface area contributed by atoms with Gasteiger partial charge in [-0.15, -0.1) is 0 Å². The van der Waals surface area contributed by atoms with Crippen LogP contribution in [0.2, 0.25) is 0 Å². The van der Waals surface area contributed by atoms with Crippen molar-refractivity contribution in [2.45, 2.75) is 0 Å². The summed E-state index contributed by atoms with van der Waals surface area (Å²) in [6, 6.07) is 56.4. The highest BCUT2D eigenvalue weighted by molar-refractivity contribution is 6.11. The van der Waals surface area contributed by atoms with E-state index in [9.17, 15) is 0 Å². The number of nitrogens with zero attached hydrogens (tertiary/aromatic N) is 3. The molecule has 0 amide bonds. The molecule has 2 aromatic heterocycles. The molecule has 4 nitrogen and oxygen atoms in total. The number of para-hydroxylation sites is 1. The second-order valence-electron chi connectivity index (χ2n) is 11.6. The van der Waals surface area contributed by atoms with E-state index >= 15 is 0 Å². The molecule has 0 aliphatic rings. The minimum Gasteiger partial charge on any atom is -0.456 e. The van der Waals surface area contributed by atoms with Crippen molar-refractivity contribution in [3.63, 3.8) is 0 Å². The van der Waals surface area contributed by atoms with E-state index in [1.807, 2.05) is 60.7 Å². The molecule has 0 spiro atoms. The van der Waals surface area contributed by atoms with Crippen LogP contribution < -0.4 is 0 Å². The highest BCUT2D eigenvalue weighted by Crippen LogP contribution is 2.38. The number of furan rings is 1. The van der Waals surface area contributed by atoms with E-state index < -0.39 is 0 Å². The van der Waals surface area contributed by atoms with E-state index in [0.717, 1.165) is 49.8 Å². The Morgan fingerprint density at radius 3 is 1.77 bits per heavy atom. The Labute approximate surface area is 271 Å². The van der Waals surface area contributed by atoms with Gasteiger partial charge < -0.3 is 4.42 Å². The van der Waals surface area contributed by atoms with Crippen LogP contribution in [0.5, 0.6) is 0 Å². The molecule has 0 bridgehead atoms. The van der Waals surface area contributed by atoms with Crippen LogP contribution in [0.25, 0.3) is 89.1 Å². The second kappa shape index (κ2) is 11.2. The Balaban J connectivity index is 1.25. The van der Waals surface area contributed by atoms with E-state index in [0.29, 0.717) is 17.5 Å². The molecular weight excluding hydrogens is 574 g/mol. The fraction of sp³-hybridized carbons (Fsp3) is 0. The first-order valence-electron chi connectivity index (χ1n) is 15.7. The third-order valence-corrected chi connectivity index (χ3v) is 8.71. The maximum atomic E-state index is 6.21. The highest BCUT2D eigenvalue weighted by atomic mass is 16.3. The molecular formula is C43H27N3O. The quantitative estimate of drug-likeness (QED) is 0.197. The largest absolute Gasteiger partial charge is 0.456 e. The third-order valence-electron chi connectivity index (χ3n) is 8.71. The van der Waals surface area contributed by atoms with Crippen molar-refractivity contribution in [1.82, 2.24) is 15.0 Å². The van der Waals surface area contributed by atoms with Crippen LogP contribution >= 0.6 is 0 Å². The molecule has 9 rings (SSSR count). The fourth-order valence-electron chi connectivity index (χ4n) is 6.48. The fourth-order valence-corrected chi connectivity index (χ4v) is 6.48. The molecule has 7 aromatic carbocycles. The molecule has 0 saturated heterocycles. The normalized spacial score (nSPS) is 11.4. The van der Waals surface area contributed by atoms with Gasteiger partial charge in [0.1, 0.15) is 11.2 Å². The summed E-state index contributed by atoms with van der Waals surface area (Å²) in [6.45, 7) is 0. The van der Waals surface area contributed by atoms with Crippen molar-refractivity contribution in [1.29, 1.82) is 0 Å². The maximum absolute atomic E-state index is 6.21. The lowest BCUT2D eigenvalue weighted by Gasteiger charge is -2.13. The Hall–Kier alpha value is -6.39. The summed E-state index contributed by atoms with van der Waals surface area (Å²) in [5.41, 5.74) is 9.03. The van der Waals surface area contributed by atoms with Gasteiger partial charge in [-0.25, -0.2) is 15.0 Å². The number of fused-ring (bicyclic) bond motifs is 4. The molecule has 9 aromatic rings. The number of benzene rings is 7. The molecule has 0 aliphatic heterocycles. The summed E-state index contributed by atoms with van der Waals surface area (Å²) in [6.07, 6.45) is 0. The molecule has 0 unspecified atom stereocenters. The predicted molar refractivity (Wildman–Crippen MR) is 192 cm³/mol. The zero-order chi connectivity index (χ0) is 31.2. The molecule has 0 fully saturated rings. The molecule has 220 valence electrons. The standard InChI is InChI=1S/C43H27N3O/c1-3-13-28(14-4-1)33-26-30-17-7-8-20-34(30)37(27-33)31-18-11-19-32(25-31)42-44-41(29-15-5-2-6-16-29)45-43(46-42)36-22-12-24-39-40(36)35-21-9-10-23-38(35)47-39/h1-27H. The van der Waals surface area contributed by atoms with E-state index in [-0.39, 0.29) is 0 Å². The van der Waals surface area contributed by atoms with Crippen LogP contribution in [-0.2, 0) is 0 Å². The molecule has 2 heterocycles. The van der Waals surface area contributed by atoms with Crippen molar-refractivity contribution in [2.75, 3.05) is 0 Å². The van der Waals surface area contributed by atoms with Gasteiger partial charge in [-0.3, -0.25) is 0 Å². The van der Waals surface area contributed by atoms with E-state index in [1.54, 1.807) is 0 Å². The topological polar surface area (TPSA) is 51.8 Å². The van der Waals surface area contributed by atoms with Crippen molar-refractivity contribution in [2.24, 2.45) is 0 Å². The van der Waals surface area contributed by atoms with Gasteiger partial charge in [0.2, 0.25) is 0 Å². The Morgan fingerprint density at radius 2 is 0.936 bits per heavy atom. The van der Waals surface area contributed by atoms with E-state index in [4.69, 9.17) is 19.4 Å². The average Bonchev–Trinajstić information content (AvgIpc) is 3.54. The minimum atomic E-state index is 0.605. The number of aromatic nitrogens is 3. The van der Waals surface area contributed by atoms with Crippen LogP contribution in [0.15, 0.2) is 168 Å². The third kappa shape index (κ3) is 4.84. The monoisotopic (exact) mass is 601 g/mol. The first kappa shape index (κ1) is 27.0. The number of hydrogen-bond acceptors (Lipinski definition) is 4. The molecule has 0 saturated carbocycles. The predicted octanol–water partition coefficient (Wildman–Crippen LogP) is 11.3. The lowest BCUT2D eigenvalue weighted by molar-refractivity contribution is 0.669. The van der Waals surface area contributed by atoms with Crippen LogP contribution in [0, 0.1) is 0 Å². The van der Waals surface area contributed by atoms with Gasteiger partial charge >= 0.3 is 0 Å². The van der Waals surface area contributed by atoms with Crippen molar-refractivity contribution in [3.05, 3.63) is 164 Å². The van der Waals surface area contributed by atoms with Gasteiger partial charge in [0.25, 0.3) is 0 Å². The summed E-state index contributed by atoms with van der Waals surface area (Å²) in [5, 5.41) is 4.43. The first-order valence-corrected chi connectivity index (χ1v) is 15.7. The van der Waals surface area contributed by atoms with E-state index in [1.165, 1.54) is 21.9 Å². The molecule has 0 radical (unpaired) electrons. The van der Waals surface area contributed by atoms with Crippen molar-refractivity contribution in [3.8, 4) is 56.4 Å². The van der Waals surface area contributed by atoms with Crippen molar-refractivity contribution < 1.29 is 4.42 Å². The summed E-state index contributed by atoms with van der Waals surface area (Å²) in [5.74, 6) is 1.84. The van der Waals surface area contributed by atoms with Crippen LogP contribution in [0.3, 0.4) is 0 Å². The second-order valence-corrected chi connectivity index (χ2v) is 11.6. The van der Waals surface area contributed by atoms with Crippen molar-refractivity contribution >= 4 is 32.7 Å². The number of rotatable bonds is 5. The lowest BCUT2D eigenvalue weighted by Crippen LogP contribution is -2.00. The Kier molecular flexibility index (Phi) is 6.43. The first-order chi connectivity index (χ1) is 23.3. The molecule has 0 N–H and O–H groups in total. The summed E-state index contributed by atoms with van der Waals surface area (Å²) in [4.78, 5) is 15.2. The van der Waals surface area contributed by atoms with Gasteiger partial charge in [-0.05, 0) is 63.4 Å². The highest BCUT2D eigenvalue weighted by Gasteiger charge is 2.18. The smallest absolute Gasteiger partial charge is 0.164 e. The van der Waals surface area contributed by atoms with Gasteiger partial charge in [-0.2, -0.15) is 0 Å². The van der Waals surface area contributed by atoms with Crippen LogP contribution in [-0.4, -0.2) is 15.0 Å². The Morgan fingerprint density at radius 1 is 0.340 bits per heavy atom. The summed E-state index contributed by atoms with van der Waals surface area (Å²) < 4.78 is 6.21. The van der Waals surface area contributed by atoms with Crippen LogP contribution in [0.1, 0.15) is 0 Å². The zero-order valence-corrected chi connectivity index (χ0v) is 25.3. The SMILES string of the molecule is c1ccc(-c2cc(-c3cccc(-c4nc(-c5ccccc5)nc(-c5cccc6oc7ccccc7c56)n4)c3)c3ccccc3c2)cc1. The lowest BCUT2D eigenvalue weighted by atomic mass is 9.92. The molecule has 4 heteroatoms. The van der Waals surface area contributed by atoms with Gasteiger partial charge in [-0.1, -0.05) is 133 Å². The molecule has 47 heavy (non-hydrogen) atoms.